The van der Waals surface area contributed by atoms with Crippen LogP contribution < -0.4 is 10.3 Å². The third-order valence-corrected chi connectivity index (χ3v) is 3.81. The summed E-state index contributed by atoms with van der Waals surface area (Å²) in [6.45, 7) is 0. The highest BCUT2D eigenvalue weighted by atomic mass is 32.2. The number of carbonyl (C=O) groups excluding carboxylic acids is 1. The Bertz CT molecular complexity index is 761. The lowest BCUT2D eigenvalue weighted by Gasteiger charge is -2.09. The molecule has 5 nitrogen and oxygen atoms in total. The van der Waals surface area contributed by atoms with Gasteiger partial charge in [0, 0.05) is 5.56 Å². The SMILES string of the molecule is O=C(NNS(=O)(=O)c1ccccc1F)c1ccc(F)cc1. The van der Waals surface area contributed by atoms with Crippen LogP contribution in [-0.2, 0) is 10.0 Å². The standard InChI is InChI=1S/C13H10F2N2O3S/c14-10-7-5-9(6-8-10)13(18)16-17-21(19,20)12-4-2-1-3-11(12)15/h1-8,17H,(H,16,18). The van der Waals surface area contributed by atoms with E-state index in [0.29, 0.717) is 0 Å². The van der Waals surface area contributed by atoms with Crippen molar-refractivity contribution in [1.82, 2.24) is 10.3 Å². The molecule has 2 rings (SSSR count). The molecule has 0 aliphatic rings. The molecule has 0 aliphatic heterocycles. The van der Waals surface area contributed by atoms with Crippen LogP contribution in [0.2, 0.25) is 0 Å². The molecule has 0 bridgehead atoms. The van der Waals surface area contributed by atoms with E-state index in [1.54, 1.807) is 4.83 Å². The molecule has 1 amide bonds. The van der Waals surface area contributed by atoms with E-state index < -0.39 is 32.5 Å². The molecular weight excluding hydrogens is 302 g/mol. The van der Waals surface area contributed by atoms with Gasteiger partial charge >= 0.3 is 0 Å². The minimum absolute atomic E-state index is 0.0487. The van der Waals surface area contributed by atoms with Gasteiger partial charge in [0.05, 0.1) is 0 Å². The molecule has 0 atom stereocenters. The number of hydrogen-bond acceptors (Lipinski definition) is 3. The third kappa shape index (κ3) is 3.61. The number of sulfonamides is 1. The van der Waals surface area contributed by atoms with Crippen molar-refractivity contribution in [3.63, 3.8) is 0 Å². The normalized spacial score (nSPS) is 11.1. The molecule has 2 aromatic rings. The molecule has 2 N–H and O–H groups in total. The van der Waals surface area contributed by atoms with Crippen LogP contribution in [0.15, 0.2) is 53.4 Å². The molecule has 0 unspecified atom stereocenters. The average Bonchev–Trinajstić information content (AvgIpc) is 2.46. The molecule has 0 saturated heterocycles. The molecule has 2 aromatic carbocycles. The summed E-state index contributed by atoms with van der Waals surface area (Å²) in [5, 5.41) is 0. The molecule has 0 heterocycles. The van der Waals surface area contributed by atoms with Crippen molar-refractivity contribution in [2.24, 2.45) is 0 Å². The van der Waals surface area contributed by atoms with Crippen LogP contribution in [0.25, 0.3) is 0 Å². The Hall–Kier alpha value is -2.32. The Labute approximate surface area is 119 Å². The maximum Gasteiger partial charge on any atom is 0.266 e. The number of halogens is 2. The summed E-state index contributed by atoms with van der Waals surface area (Å²) in [6, 6.07) is 9.20. The number of amides is 1. The highest BCUT2D eigenvalue weighted by Gasteiger charge is 2.19. The van der Waals surface area contributed by atoms with Crippen LogP contribution in [0.1, 0.15) is 10.4 Å². The second kappa shape index (κ2) is 5.98. The second-order valence-corrected chi connectivity index (χ2v) is 5.65. The van der Waals surface area contributed by atoms with E-state index in [1.807, 2.05) is 5.43 Å². The zero-order valence-electron chi connectivity index (χ0n) is 10.5. The summed E-state index contributed by atoms with van der Waals surface area (Å²) in [7, 11) is -4.23. The lowest BCUT2D eigenvalue weighted by atomic mass is 10.2. The summed E-state index contributed by atoms with van der Waals surface area (Å²) in [5.74, 6) is -2.27. The van der Waals surface area contributed by atoms with Crippen molar-refractivity contribution in [3.05, 3.63) is 65.7 Å². The van der Waals surface area contributed by atoms with Gasteiger partial charge in [-0.3, -0.25) is 10.2 Å². The largest absolute Gasteiger partial charge is 0.273 e. The van der Waals surface area contributed by atoms with Crippen molar-refractivity contribution >= 4 is 15.9 Å². The number of nitrogens with one attached hydrogen (secondary N) is 2. The van der Waals surface area contributed by atoms with E-state index in [4.69, 9.17) is 0 Å². The highest BCUT2D eigenvalue weighted by molar-refractivity contribution is 7.89. The average molecular weight is 312 g/mol. The lowest BCUT2D eigenvalue weighted by Crippen LogP contribution is -2.41. The first-order valence-electron chi connectivity index (χ1n) is 5.72. The van der Waals surface area contributed by atoms with E-state index in [-0.39, 0.29) is 5.56 Å². The summed E-state index contributed by atoms with van der Waals surface area (Å²) >= 11 is 0. The molecule has 110 valence electrons. The van der Waals surface area contributed by atoms with Gasteiger partial charge in [0.15, 0.2) is 0 Å². The van der Waals surface area contributed by atoms with Crippen molar-refractivity contribution < 1.29 is 22.0 Å². The molecule has 0 aliphatic carbocycles. The van der Waals surface area contributed by atoms with Gasteiger partial charge in [-0.15, -0.1) is 4.83 Å². The lowest BCUT2D eigenvalue weighted by molar-refractivity contribution is 0.0945. The van der Waals surface area contributed by atoms with Gasteiger partial charge in [0.25, 0.3) is 15.9 Å². The number of carbonyl (C=O) groups is 1. The molecule has 0 aromatic heterocycles. The van der Waals surface area contributed by atoms with E-state index >= 15 is 0 Å². The fourth-order valence-corrected chi connectivity index (χ4v) is 2.42. The van der Waals surface area contributed by atoms with Crippen LogP contribution in [0.5, 0.6) is 0 Å². The first kappa shape index (κ1) is 15.1. The Kier molecular flexibility index (Phi) is 4.29. The number of rotatable bonds is 4. The third-order valence-electron chi connectivity index (χ3n) is 2.53. The Morgan fingerprint density at radius 1 is 0.952 bits per heavy atom. The second-order valence-electron chi connectivity index (χ2n) is 4.00. The van der Waals surface area contributed by atoms with E-state index in [0.717, 1.165) is 24.3 Å². The highest BCUT2D eigenvalue weighted by Crippen LogP contribution is 2.12. The first-order chi connectivity index (χ1) is 9.90. The predicted molar refractivity (Wildman–Crippen MR) is 70.6 cm³/mol. The van der Waals surface area contributed by atoms with Crippen LogP contribution in [0, 0.1) is 11.6 Å². The van der Waals surface area contributed by atoms with E-state index in [9.17, 15) is 22.0 Å². The van der Waals surface area contributed by atoms with Crippen LogP contribution >= 0.6 is 0 Å². The Morgan fingerprint density at radius 2 is 1.57 bits per heavy atom. The zero-order chi connectivity index (χ0) is 15.5. The monoisotopic (exact) mass is 312 g/mol. The number of hydrazine groups is 1. The van der Waals surface area contributed by atoms with Gasteiger partial charge in [-0.2, -0.15) is 0 Å². The summed E-state index contributed by atoms with van der Waals surface area (Å²) in [4.78, 5) is 12.8. The fourth-order valence-electron chi connectivity index (χ4n) is 1.50. The van der Waals surface area contributed by atoms with Gasteiger partial charge in [-0.05, 0) is 36.4 Å². The topological polar surface area (TPSA) is 75.3 Å². The maximum atomic E-state index is 13.4. The molecule has 0 radical (unpaired) electrons. The van der Waals surface area contributed by atoms with Gasteiger partial charge in [0.1, 0.15) is 16.5 Å². The minimum Gasteiger partial charge on any atom is -0.273 e. The minimum atomic E-state index is -4.23. The molecule has 0 saturated carbocycles. The number of benzene rings is 2. The Balaban J connectivity index is 2.10. The van der Waals surface area contributed by atoms with Crippen LogP contribution in [0.4, 0.5) is 8.78 Å². The van der Waals surface area contributed by atoms with E-state index in [1.165, 1.54) is 24.3 Å². The van der Waals surface area contributed by atoms with Crippen molar-refractivity contribution in [2.75, 3.05) is 0 Å². The van der Waals surface area contributed by atoms with Crippen LogP contribution in [-0.4, -0.2) is 14.3 Å². The van der Waals surface area contributed by atoms with Crippen LogP contribution in [0.3, 0.4) is 0 Å². The Morgan fingerprint density at radius 3 is 2.19 bits per heavy atom. The van der Waals surface area contributed by atoms with Gasteiger partial charge in [-0.1, -0.05) is 12.1 Å². The first-order valence-corrected chi connectivity index (χ1v) is 7.21. The molecule has 21 heavy (non-hydrogen) atoms. The summed E-state index contributed by atoms with van der Waals surface area (Å²) in [6.07, 6.45) is 0. The van der Waals surface area contributed by atoms with Gasteiger partial charge < -0.3 is 0 Å². The van der Waals surface area contributed by atoms with Gasteiger partial charge in [0.2, 0.25) is 0 Å². The number of hydrogen-bond donors (Lipinski definition) is 2. The van der Waals surface area contributed by atoms with Crippen molar-refractivity contribution in [1.29, 1.82) is 0 Å². The predicted octanol–water partition coefficient (Wildman–Crippen LogP) is 1.59. The van der Waals surface area contributed by atoms with E-state index in [2.05, 4.69) is 0 Å². The summed E-state index contributed by atoms with van der Waals surface area (Å²) in [5.41, 5.74) is 1.97. The van der Waals surface area contributed by atoms with Crippen molar-refractivity contribution in [3.8, 4) is 0 Å². The molecule has 0 fully saturated rings. The molecule has 0 spiro atoms. The molecular formula is C13H10F2N2O3S. The fraction of sp³-hybridized carbons (Fsp3) is 0. The maximum absolute atomic E-state index is 13.4. The zero-order valence-corrected chi connectivity index (χ0v) is 11.3. The molecule has 8 heteroatoms. The quantitative estimate of drug-likeness (QED) is 0.842. The van der Waals surface area contributed by atoms with Gasteiger partial charge in [-0.25, -0.2) is 17.2 Å². The smallest absolute Gasteiger partial charge is 0.266 e. The summed E-state index contributed by atoms with van der Waals surface area (Å²) < 4.78 is 49.7. The van der Waals surface area contributed by atoms with Crippen molar-refractivity contribution in [2.45, 2.75) is 4.90 Å².